The van der Waals surface area contributed by atoms with Gasteiger partial charge in [-0.25, -0.2) is 9.37 Å². The van der Waals surface area contributed by atoms with Crippen molar-refractivity contribution >= 4 is 5.82 Å². The van der Waals surface area contributed by atoms with Gasteiger partial charge in [-0.3, -0.25) is 0 Å². The molecule has 0 aliphatic heterocycles. The van der Waals surface area contributed by atoms with Crippen LogP contribution in [0.5, 0.6) is 5.75 Å². The molecule has 0 fully saturated rings. The summed E-state index contributed by atoms with van der Waals surface area (Å²) >= 11 is 0. The van der Waals surface area contributed by atoms with Gasteiger partial charge in [0.05, 0.1) is 12.8 Å². The summed E-state index contributed by atoms with van der Waals surface area (Å²) < 4.78 is 24.8. The third kappa shape index (κ3) is 3.03. The van der Waals surface area contributed by atoms with Crippen molar-refractivity contribution in [3.63, 3.8) is 0 Å². The van der Waals surface area contributed by atoms with Crippen molar-refractivity contribution < 1.29 is 18.7 Å². The number of halogens is 1. The van der Waals surface area contributed by atoms with E-state index < -0.39 is 5.82 Å². The molecule has 25 heavy (non-hydrogen) atoms. The molecular formula is C18H14FN3O3. The lowest BCUT2D eigenvalue weighted by molar-refractivity contribution is 0.248. The first-order valence-corrected chi connectivity index (χ1v) is 7.31. The smallest absolute Gasteiger partial charge is 0.142 e. The number of ether oxygens (including phenoxy) is 1. The van der Waals surface area contributed by atoms with Crippen molar-refractivity contribution in [2.45, 2.75) is 6.61 Å². The summed E-state index contributed by atoms with van der Waals surface area (Å²) in [4.78, 5) is 4.13. The van der Waals surface area contributed by atoms with Gasteiger partial charge in [-0.1, -0.05) is 0 Å². The van der Waals surface area contributed by atoms with E-state index in [0.717, 1.165) is 0 Å². The highest BCUT2D eigenvalue weighted by molar-refractivity contribution is 5.78. The fourth-order valence-electron chi connectivity index (χ4n) is 2.45. The second kappa shape index (κ2) is 6.63. The molecule has 7 heteroatoms. The average Bonchev–Trinajstić information content (AvgIpc) is 3.10. The Morgan fingerprint density at radius 1 is 1.28 bits per heavy atom. The van der Waals surface area contributed by atoms with Crippen LogP contribution in [-0.2, 0) is 6.61 Å². The zero-order chi connectivity index (χ0) is 18.0. The van der Waals surface area contributed by atoms with Crippen molar-refractivity contribution in [3.8, 4) is 34.4 Å². The Morgan fingerprint density at radius 3 is 2.68 bits per heavy atom. The second-order valence-corrected chi connectivity index (χ2v) is 5.20. The molecule has 0 unspecified atom stereocenters. The number of hydrogen-bond acceptors (Lipinski definition) is 6. The number of nitriles is 1. The second-order valence-electron chi connectivity index (χ2n) is 5.20. The SMILES string of the molecule is COc1ccc(-c2cc(-c3ccc(CO)o3)c(C#N)c(N)n2)c(F)c1. The molecule has 0 aliphatic carbocycles. The highest BCUT2D eigenvalue weighted by Gasteiger charge is 2.18. The predicted molar refractivity (Wildman–Crippen MR) is 88.9 cm³/mol. The number of aliphatic hydroxyl groups excluding tert-OH is 1. The van der Waals surface area contributed by atoms with Crippen LogP contribution in [0.1, 0.15) is 11.3 Å². The first-order chi connectivity index (χ1) is 12.1. The van der Waals surface area contributed by atoms with Crippen LogP contribution >= 0.6 is 0 Å². The quantitative estimate of drug-likeness (QED) is 0.756. The summed E-state index contributed by atoms with van der Waals surface area (Å²) in [5.41, 5.74) is 6.85. The Balaban J connectivity index is 2.18. The van der Waals surface area contributed by atoms with Crippen molar-refractivity contribution in [3.05, 3.63) is 53.5 Å². The number of nitrogens with zero attached hydrogens (tertiary/aromatic N) is 2. The number of anilines is 1. The van der Waals surface area contributed by atoms with Crippen molar-refractivity contribution in [1.29, 1.82) is 5.26 Å². The van der Waals surface area contributed by atoms with Crippen molar-refractivity contribution in [2.75, 3.05) is 12.8 Å². The van der Waals surface area contributed by atoms with E-state index in [2.05, 4.69) is 4.98 Å². The number of methoxy groups -OCH3 is 1. The van der Waals surface area contributed by atoms with Crippen LogP contribution in [0.3, 0.4) is 0 Å². The fourth-order valence-corrected chi connectivity index (χ4v) is 2.45. The van der Waals surface area contributed by atoms with E-state index in [1.165, 1.54) is 25.3 Å². The summed E-state index contributed by atoms with van der Waals surface area (Å²) in [5.74, 6) is 0.489. The summed E-state index contributed by atoms with van der Waals surface area (Å²) in [6.45, 7) is -0.275. The number of nitrogens with two attached hydrogens (primary N) is 1. The molecule has 0 bridgehead atoms. The number of nitrogen functional groups attached to an aromatic ring is 1. The summed E-state index contributed by atoms with van der Waals surface area (Å²) in [6.07, 6.45) is 0. The minimum absolute atomic E-state index is 0.0350. The Kier molecular flexibility index (Phi) is 4.37. The van der Waals surface area contributed by atoms with Crippen LogP contribution in [0.15, 0.2) is 40.8 Å². The Morgan fingerprint density at radius 2 is 2.08 bits per heavy atom. The molecule has 0 radical (unpaired) electrons. The van der Waals surface area contributed by atoms with Gasteiger partial charge in [0.2, 0.25) is 0 Å². The minimum Gasteiger partial charge on any atom is -0.497 e. The van der Waals surface area contributed by atoms with Gasteiger partial charge in [0.25, 0.3) is 0 Å². The highest BCUT2D eigenvalue weighted by atomic mass is 19.1. The zero-order valence-electron chi connectivity index (χ0n) is 13.3. The largest absolute Gasteiger partial charge is 0.497 e. The van der Waals surface area contributed by atoms with Crippen LogP contribution in [0, 0.1) is 17.1 Å². The topological polar surface area (TPSA) is 105 Å². The lowest BCUT2D eigenvalue weighted by Gasteiger charge is -2.10. The van der Waals surface area contributed by atoms with Crippen LogP contribution < -0.4 is 10.5 Å². The third-order valence-corrected chi connectivity index (χ3v) is 3.69. The molecule has 2 heterocycles. The van der Waals surface area contributed by atoms with Gasteiger partial charge in [0, 0.05) is 17.2 Å². The predicted octanol–water partition coefficient (Wildman–Crippen LogP) is 3.10. The van der Waals surface area contributed by atoms with Crippen LogP contribution in [0.25, 0.3) is 22.6 Å². The molecule has 3 N–H and O–H groups in total. The number of pyridine rings is 1. The molecule has 0 aliphatic rings. The fraction of sp³-hybridized carbons (Fsp3) is 0.111. The minimum atomic E-state index is -0.530. The number of furan rings is 1. The van der Waals surface area contributed by atoms with E-state index in [-0.39, 0.29) is 29.2 Å². The van der Waals surface area contributed by atoms with Crippen molar-refractivity contribution in [1.82, 2.24) is 4.98 Å². The normalized spacial score (nSPS) is 10.5. The maximum Gasteiger partial charge on any atom is 0.142 e. The van der Waals surface area contributed by atoms with Crippen LogP contribution in [-0.4, -0.2) is 17.2 Å². The molecule has 126 valence electrons. The van der Waals surface area contributed by atoms with Gasteiger partial charge in [-0.2, -0.15) is 5.26 Å². The van der Waals surface area contributed by atoms with E-state index in [4.69, 9.17) is 20.0 Å². The molecular weight excluding hydrogens is 325 g/mol. The van der Waals surface area contributed by atoms with Gasteiger partial charge >= 0.3 is 0 Å². The van der Waals surface area contributed by atoms with E-state index in [1.807, 2.05) is 6.07 Å². The molecule has 2 aromatic heterocycles. The Hall–Kier alpha value is -3.37. The first kappa shape index (κ1) is 16.5. The average molecular weight is 339 g/mol. The van der Waals surface area contributed by atoms with Gasteiger partial charge in [-0.05, 0) is 30.3 Å². The Labute approximate surface area is 142 Å². The van der Waals surface area contributed by atoms with Gasteiger partial charge in [0.15, 0.2) is 0 Å². The molecule has 0 amide bonds. The molecule has 0 saturated carbocycles. The zero-order valence-corrected chi connectivity index (χ0v) is 13.3. The number of benzene rings is 1. The number of aromatic nitrogens is 1. The molecule has 3 aromatic rings. The highest BCUT2D eigenvalue weighted by Crippen LogP contribution is 2.33. The molecule has 0 atom stereocenters. The maximum atomic E-state index is 14.3. The van der Waals surface area contributed by atoms with Gasteiger partial charge in [0.1, 0.15) is 47.1 Å². The van der Waals surface area contributed by atoms with Gasteiger partial charge < -0.3 is 20.0 Å². The standard InChI is InChI=1S/C18H14FN3O3/c1-24-10-2-4-12(15(19)6-10)16-7-13(14(8-20)18(21)22-16)17-5-3-11(9-23)25-17/h2-7,23H,9H2,1H3,(H2,21,22). The number of rotatable bonds is 4. The summed E-state index contributed by atoms with van der Waals surface area (Å²) in [5, 5.41) is 18.5. The monoisotopic (exact) mass is 339 g/mol. The lowest BCUT2D eigenvalue weighted by atomic mass is 10.0. The molecule has 6 nitrogen and oxygen atoms in total. The molecule has 3 rings (SSSR count). The van der Waals surface area contributed by atoms with Crippen LogP contribution in [0.4, 0.5) is 10.2 Å². The van der Waals surface area contributed by atoms with Gasteiger partial charge in [-0.15, -0.1) is 0 Å². The number of aliphatic hydroxyl groups is 1. The van der Waals surface area contributed by atoms with E-state index in [1.54, 1.807) is 18.2 Å². The summed E-state index contributed by atoms with van der Waals surface area (Å²) in [7, 11) is 1.44. The van der Waals surface area contributed by atoms with Crippen LogP contribution in [0.2, 0.25) is 0 Å². The lowest BCUT2D eigenvalue weighted by Crippen LogP contribution is -2.00. The van der Waals surface area contributed by atoms with E-state index in [9.17, 15) is 9.65 Å². The number of hydrogen-bond donors (Lipinski definition) is 2. The van der Waals surface area contributed by atoms with Crippen molar-refractivity contribution in [2.24, 2.45) is 0 Å². The third-order valence-electron chi connectivity index (χ3n) is 3.69. The maximum absolute atomic E-state index is 14.3. The molecule has 0 spiro atoms. The molecule has 1 aromatic carbocycles. The van der Waals surface area contributed by atoms with E-state index >= 15 is 0 Å². The molecule has 0 saturated heterocycles. The Bertz CT molecular complexity index is 976. The summed E-state index contributed by atoms with van der Waals surface area (Å²) in [6, 6.07) is 11.1. The first-order valence-electron chi connectivity index (χ1n) is 7.31. The van der Waals surface area contributed by atoms with E-state index in [0.29, 0.717) is 22.8 Å².